The van der Waals surface area contributed by atoms with Gasteiger partial charge in [0.1, 0.15) is 23.1 Å². The zero-order valence-electron chi connectivity index (χ0n) is 14.2. The number of fused-ring (bicyclic) bond motifs is 5. The Kier molecular flexibility index (Phi) is 2.92. The molecule has 5 rings (SSSR count). The molecule has 0 radical (unpaired) electrons. The van der Waals surface area contributed by atoms with Crippen LogP contribution >= 0.6 is 0 Å². The van der Waals surface area contributed by atoms with E-state index in [-0.39, 0.29) is 0 Å². The van der Waals surface area contributed by atoms with Crippen molar-refractivity contribution in [3.05, 3.63) is 72.7 Å². The van der Waals surface area contributed by atoms with Crippen molar-refractivity contribution in [1.82, 2.24) is 4.98 Å². The Hall–Kier alpha value is -3.20. The summed E-state index contributed by atoms with van der Waals surface area (Å²) in [6, 6.07) is 19.1. The van der Waals surface area contributed by atoms with Crippen LogP contribution in [-0.2, 0) is 7.05 Å². The van der Waals surface area contributed by atoms with Crippen molar-refractivity contribution in [3.63, 3.8) is 0 Å². The number of nitrogens with zero attached hydrogens (tertiary/aromatic N) is 2. The molecule has 0 aliphatic heterocycles. The van der Waals surface area contributed by atoms with E-state index in [4.69, 9.17) is 4.42 Å². The van der Waals surface area contributed by atoms with Crippen LogP contribution in [0.15, 0.2) is 71.5 Å². The largest absolute Gasteiger partial charge is 0.455 e. The second kappa shape index (κ2) is 5.15. The monoisotopic (exact) mass is 325 g/mol. The molecule has 0 fully saturated rings. The molecule has 0 aliphatic carbocycles. The number of benzene rings is 3. The lowest BCUT2D eigenvalue weighted by Crippen LogP contribution is -2.31. The van der Waals surface area contributed by atoms with Gasteiger partial charge in [0, 0.05) is 22.2 Å². The average molecular weight is 325 g/mol. The van der Waals surface area contributed by atoms with Gasteiger partial charge in [-0.2, -0.15) is 0 Å². The first-order valence-corrected chi connectivity index (χ1v) is 8.37. The summed E-state index contributed by atoms with van der Waals surface area (Å²) >= 11 is 0. The first-order chi connectivity index (χ1) is 12.2. The molecule has 0 amide bonds. The molecule has 0 saturated heterocycles. The Morgan fingerprint density at radius 3 is 2.52 bits per heavy atom. The topological polar surface area (TPSA) is 29.9 Å². The molecule has 5 aromatic rings. The highest BCUT2D eigenvalue weighted by Crippen LogP contribution is 2.39. The lowest BCUT2D eigenvalue weighted by molar-refractivity contribution is -0.663. The van der Waals surface area contributed by atoms with E-state index in [0.29, 0.717) is 0 Å². The molecular weight excluding hydrogens is 308 g/mol. The Morgan fingerprint density at radius 2 is 1.64 bits per heavy atom. The van der Waals surface area contributed by atoms with Crippen molar-refractivity contribution in [2.45, 2.75) is 6.92 Å². The third kappa shape index (κ3) is 1.99. The summed E-state index contributed by atoms with van der Waals surface area (Å²) in [5, 5.41) is 4.66. The first-order valence-electron chi connectivity index (χ1n) is 8.37. The van der Waals surface area contributed by atoms with Gasteiger partial charge in [0.15, 0.2) is 0 Å². The summed E-state index contributed by atoms with van der Waals surface area (Å²) in [6.07, 6.45) is 3.65. The maximum atomic E-state index is 6.45. The van der Waals surface area contributed by atoms with Crippen LogP contribution in [0.1, 0.15) is 5.56 Å². The standard InChI is InChI=1S/C22H17N2O/c1-14-7-9-18-17-10-8-15-5-3-4-6-16(15)21(17)25-22(18)20(14)19-11-12-23-13-24(19)2/h3-13H,1-2H3/q+1. The van der Waals surface area contributed by atoms with E-state index in [2.05, 4.69) is 60.4 Å². The van der Waals surface area contributed by atoms with Gasteiger partial charge in [-0.3, -0.25) is 0 Å². The molecule has 2 heterocycles. The van der Waals surface area contributed by atoms with Crippen molar-refractivity contribution >= 4 is 32.7 Å². The molecule has 120 valence electrons. The molecule has 0 N–H and O–H groups in total. The minimum Gasteiger partial charge on any atom is -0.455 e. The number of aromatic nitrogens is 2. The average Bonchev–Trinajstić information content (AvgIpc) is 3.01. The Balaban J connectivity index is 1.98. The Labute approximate surface area is 145 Å². The predicted molar refractivity (Wildman–Crippen MR) is 100 cm³/mol. The van der Waals surface area contributed by atoms with Crippen LogP contribution in [0.2, 0.25) is 0 Å². The molecular formula is C22H17N2O+. The van der Waals surface area contributed by atoms with Gasteiger partial charge in [-0.25, -0.2) is 4.57 Å². The molecule has 2 aromatic heterocycles. The van der Waals surface area contributed by atoms with Crippen molar-refractivity contribution < 1.29 is 8.98 Å². The van der Waals surface area contributed by atoms with Gasteiger partial charge < -0.3 is 4.42 Å². The highest BCUT2D eigenvalue weighted by Gasteiger charge is 2.19. The van der Waals surface area contributed by atoms with Crippen LogP contribution < -0.4 is 4.57 Å². The summed E-state index contributed by atoms with van der Waals surface area (Å²) in [5.74, 6) is 0. The molecule has 0 saturated carbocycles. The number of hydrogen-bond acceptors (Lipinski definition) is 2. The van der Waals surface area contributed by atoms with Gasteiger partial charge in [-0.1, -0.05) is 47.4 Å². The van der Waals surface area contributed by atoms with E-state index in [1.165, 1.54) is 10.9 Å². The van der Waals surface area contributed by atoms with Crippen molar-refractivity contribution in [3.8, 4) is 11.3 Å². The van der Waals surface area contributed by atoms with E-state index < -0.39 is 0 Å². The van der Waals surface area contributed by atoms with Crippen LogP contribution in [0.25, 0.3) is 44.0 Å². The summed E-state index contributed by atoms with van der Waals surface area (Å²) in [4.78, 5) is 4.20. The van der Waals surface area contributed by atoms with E-state index in [1.807, 2.05) is 30.2 Å². The third-order valence-electron chi connectivity index (χ3n) is 4.93. The first kappa shape index (κ1) is 14.2. The van der Waals surface area contributed by atoms with Crippen LogP contribution in [0.4, 0.5) is 0 Å². The number of aryl methyl sites for hydroxylation is 2. The van der Waals surface area contributed by atoms with E-state index >= 15 is 0 Å². The number of hydrogen-bond donors (Lipinski definition) is 0. The second-order valence-corrected chi connectivity index (χ2v) is 6.48. The molecule has 0 aliphatic rings. The molecule has 3 heteroatoms. The van der Waals surface area contributed by atoms with E-state index in [9.17, 15) is 0 Å². The predicted octanol–water partition coefficient (Wildman–Crippen LogP) is 4.93. The minimum atomic E-state index is 0.938. The maximum absolute atomic E-state index is 6.45. The Bertz CT molecular complexity index is 1270. The van der Waals surface area contributed by atoms with Gasteiger partial charge in [-0.05, 0) is 23.9 Å². The van der Waals surface area contributed by atoms with Gasteiger partial charge in [-0.15, -0.1) is 0 Å². The van der Waals surface area contributed by atoms with Gasteiger partial charge >= 0.3 is 0 Å². The fraction of sp³-hybridized carbons (Fsp3) is 0.0909. The number of rotatable bonds is 1. The SMILES string of the molecule is Cc1ccc2c(oc3c4ccccc4ccc23)c1-c1ccnc[n+]1C. The molecule has 0 atom stereocenters. The molecule has 0 bridgehead atoms. The smallest absolute Gasteiger partial charge is 0.286 e. The molecule has 0 spiro atoms. The lowest BCUT2D eigenvalue weighted by Gasteiger charge is -2.06. The van der Waals surface area contributed by atoms with Crippen LogP contribution in [0, 0.1) is 6.92 Å². The zero-order valence-corrected chi connectivity index (χ0v) is 14.2. The molecule has 25 heavy (non-hydrogen) atoms. The fourth-order valence-electron chi connectivity index (χ4n) is 3.68. The second-order valence-electron chi connectivity index (χ2n) is 6.48. The molecule has 3 nitrogen and oxygen atoms in total. The summed E-state index contributed by atoms with van der Waals surface area (Å²) in [5.41, 5.74) is 5.31. The highest BCUT2D eigenvalue weighted by molar-refractivity contribution is 6.17. The van der Waals surface area contributed by atoms with Gasteiger partial charge in [0.2, 0.25) is 0 Å². The van der Waals surface area contributed by atoms with Crippen molar-refractivity contribution in [1.29, 1.82) is 0 Å². The van der Waals surface area contributed by atoms with E-state index in [1.54, 1.807) is 0 Å². The van der Waals surface area contributed by atoms with Gasteiger partial charge in [0.05, 0.1) is 12.6 Å². The van der Waals surface area contributed by atoms with Crippen LogP contribution in [0.3, 0.4) is 0 Å². The van der Waals surface area contributed by atoms with Crippen molar-refractivity contribution in [2.75, 3.05) is 0 Å². The number of furan rings is 1. The van der Waals surface area contributed by atoms with Gasteiger partial charge in [0.25, 0.3) is 6.33 Å². The minimum absolute atomic E-state index is 0.938. The van der Waals surface area contributed by atoms with Crippen molar-refractivity contribution in [2.24, 2.45) is 7.05 Å². The highest BCUT2D eigenvalue weighted by atomic mass is 16.3. The Morgan fingerprint density at radius 1 is 0.840 bits per heavy atom. The maximum Gasteiger partial charge on any atom is 0.286 e. The normalized spacial score (nSPS) is 11.6. The summed E-state index contributed by atoms with van der Waals surface area (Å²) < 4.78 is 8.49. The third-order valence-corrected chi connectivity index (χ3v) is 4.93. The summed E-state index contributed by atoms with van der Waals surface area (Å²) in [7, 11) is 2.01. The van der Waals surface area contributed by atoms with Crippen LogP contribution in [-0.4, -0.2) is 4.98 Å². The quantitative estimate of drug-likeness (QED) is 0.409. The molecule has 3 aromatic carbocycles. The van der Waals surface area contributed by atoms with E-state index in [0.717, 1.165) is 38.6 Å². The summed E-state index contributed by atoms with van der Waals surface area (Å²) in [6.45, 7) is 2.13. The fourth-order valence-corrected chi connectivity index (χ4v) is 3.68. The zero-order chi connectivity index (χ0) is 17.0. The van der Waals surface area contributed by atoms with Crippen LogP contribution in [0.5, 0.6) is 0 Å². The lowest BCUT2D eigenvalue weighted by atomic mass is 10.00. The molecule has 0 unspecified atom stereocenters.